The van der Waals surface area contributed by atoms with Crippen LogP contribution in [0.15, 0.2) is 49.3 Å². The molecule has 20 heavy (non-hydrogen) atoms. The van der Waals surface area contributed by atoms with Gasteiger partial charge in [0.2, 0.25) is 0 Å². The summed E-state index contributed by atoms with van der Waals surface area (Å²) in [6.45, 7) is 5.76. The second kappa shape index (κ2) is 5.09. The molecule has 3 rings (SSSR count). The first-order chi connectivity index (χ1) is 9.78. The lowest BCUT2D eigenvalue weighted by molar-refractivity contribution is 1.22. The number of aromatic nitrogens is 3. The number of para-hydroxylation sites is 1. The van der Waals surface area contributed by atoms with E-state index in [0.717, 1.165) is 28.0 Å². The molecule has 0 aliphatic carbocycles. The van der Waals surface area contributed by atoms with Gasteiger partial charge in [-0.25, -0.2) is 15.0 Å². The van der Waals surface area contributed by atoms with Gasteiger partial charge < -0.3 is 5.32 Å². The number of rotatable bonds is 3. The molecule has 0 bridgehead atoms. The number of anilines is 2. The van der Waals surface area contributed by atoms with E-state index < -0.39 is 0 Å². The maximum atomic E-state index is 4.46. The van der Waals surface area contributed by atoms with Gasteiger partial charge in [-0.2, -0.15) is 0 Å². The fraction of sp³-hybridized carbons (Fsp3) is 0.0625. The Labute approximate surface area is 117 Å². The molecule has 4 nitrogen and oxygen atoms in total. The molecule has 0 aliphatic rings. The zero-order valence-corrected chi connectivity index (χ0v) is 11.2. The zero-order valence-electron chi connectivity index (χ0n) is 11.2. The second-order valence-electron chi connectivity index (χ2n) is 4.47. The maximum absolute atomic E-state index is 4.46. The van der Waals surface area contributed by atoms with Crippen molar-refractivity contribution in [2.75, 3.05) is 5.32 Å². The minimum atomic E-state index is 0.708. The van der Waals surface area contributed by atoms with Crippen molar-refractivity contribution in [2.24, 2.45) is 0 Å². The van der Waals surface area contributed by atoms with Crippen LogP contribution >= 0.6 is 0 Å². The van der Waals surface area contributed by atoms with Crippen molar-refractivity contribution >= 4 is 28.6 Å². The van der Waals surface area contributed by atoms with E-state index in [4.69, 9.17) is 0 Å². The molecular formula is C16H14N4. The second-order valence-corrected chi connectivity index (χ2v) is 4.47. The molecular weight excluding hydrogens is 248 g/mol. The number of hydrogen-bond donors (Lipinski definition) is 1. The van der Waals surface area contributed by atoms with Gasteiger partial charge in [-0.05, 0) is 30.7 Å². The molecule has 0 saturated carbocycles. The molecule has 0 aliphatic heterocycles. The van der Waals surface area contributed by atoms with Gasteiger partial charge in [-0.15, -0.1) is 0 Å². The number of benzene rings is 1. The van der Waals surface area contributed by atoms with Gasteiger partial charge in [0, 0.05) is 11.9 Å². The van der Waals surface area contributed by atoms with Crippen LogP contribution in [0.5, 0.6) is 0 Å². The fourth-order valence-electron chi connectivity index (χ4n) is 1.99. The molecule has 2 aromatic heterocycles. The third kappa shape index (κ3) is 2.23. The topological polar surface area (TPSA) is 50.7 Å². The average molecular weight is 262 g/mol. The van der Waals surface area contributed by atoms with Gasteiger partial charge in [0.05, 0.1) is 17.4 Å². The molecule has 4 heteroatoms. The lowest BCUT2D eigenvalue weighted by atomic mass is 10.2. The summed E-state index contributed by atoms with van der Waals surface area (Å²) in [5, 5.41) is 3.31. The van der Waals surface area contributed by atoms with Crippen LogP contribution in [0.1, 0.15) is 11.3 Å². The Balaban J connectivity index is 2.08. The van der Waals surface area contributed by atoms with Gasteiger partial charge in [0.15, 0.2) is 5.82 Å². The van der Waals surface area contributed by atoms with Gasteiger partial charge in [-0.3, -0.25) is 0 Å². The molecule has 0 radical (unpaired) electrons. The van der Waals surface area contributed by atoms with Gasteiger partial charge >= 0.3 is 0 Å². The summed E-state index contributed by atoms with van der Waals surface area (Å²) in [6, 6.07) is 9.91. The summed E-state index contributed by atoms with van der Waals surface area (Å²) >= 11 is 0. The van der Waals surface area contributed by atoms with Crippen LogP contribution in [0.3, 0.4) is 0 Å². The number of nitrogens with zero attached hydrogens (tertiary/aromatic N) is 3. The molecule has 0 unspecified atom stereocenters. The highest BCUT2D eigenvalue weighted by Gasteiger charge is 2.06. The number of pyridine rings is 1. The lowest BCUT2D eigenvalue weighted by Crippen LogP contribution is -1.99. The Bertz CT molecular complexity index is 780. The first kappa shape index (κ1) is 12.3. The smallest absolute Gasteiger partial charge is 0.158 e. The van der Waals surface area contributed by atoms with Crippen LogP contribution in [-0.4, -0.2) is 15.0 Å². The van der Waals surface area contributed by atoms with E-state index >= 15 is 0 Å². The van der Waals surface area contributed by atoms with Gasteiger partial charge in [0.25, 0.3) is 0 Å². The lowest BCUT2D eigenvalue weighted by Gasteiger charge is -2.10. The highest BCUT2D eigenvalue weighted by atomic mass is 15.0. The third-order valence-corrected chi connectivity index (χ3v) is 3.09. The summed E-state index contributed by atoms with van der Waals surface area (Å²) in [4.78, 5) is 13.2. The van der Waals surface area contributed by atoms with E-state index in [1.54, 1.807) is 18.5 Å². The van der Waals surface area contributed by atoms with E-state index in [1.165, 1.54) is 0 Å². The molecule has 2 heterocycles. The van der Waals surface area contributed by atoms with Crippen molar-refractivity contribution in [2.45, 2.75) is 6.92 Å². The van der Waals surface area contributed by atoms with Crippen LogP contribution in [0, 0.1) is 6.92 Å². The Morgan fingerprint density at radius 1 is 1.15 bits per heavy atom. The van der Waals surface area contributed by atoms with Crippen molar-refractivity contribution in [1.29, 1.82) is 0 Å². The van der Waals surface area contributed by atoms with Crippen LogP contribution < -0.4 is 5.32 Å². The van der Waals surface area contributed by atoms with Gasteiger partial charge in [-0.1, -0.05) is 24.8 Å². The van der Waals surface area contributed by atoms with E-state index in [-0.39, 0.29) is 0 Å². The van der Waals surface area contributed by atoms with E-state index in [2.05, 4.69) is 39.8 Å². The average Bonchev–Trinajstić information content (AvgIpc) is 2.49. The summed E-state index contributed by atoms with van der Waals surface area (Å²) in [6.07, 6.45) is 5.10. The van der Waals surface area contributed by atoms with E-state index in [1.807, 2.05) is 24.3 Å². The predicted molar refractivity (Wildman–Crippen MR) is 81.9 cm³/mol. The molecule has 0 atom stereocenters. The monoisotopic (exact) mass is 262 g/mol. The van der Waals surface area contributed by atoms with E-state index in [0.29, 0.717) is 5.82 Å². The molecule has 0 amide bonds. The predicted octanol–water partition coefficient (Wildman–Crippen LogP) is 3.72. The van der Waals surface area contributed by atoms with Gasteiger partial charge in [0.1, 0.15) is 5.52 Å². The summed E-state index contributed by atoms with van der Waals surface area (Å²) < 4.78 is 0. The summed E-state index contributed by atoms with van der Waals surface area (Å²) in [5.41, 5.74) is 4.48. The van der Waals surface area contributed by atoms with Crippen LogP contribution in [-0.2, 0) is 0 Å². The van der Waals surface area contributed by atoms with E-state index in [9.17, 15) is 0 Å². The number of aryl methyl sites for hydroxylation is 1. The molecule has 0 saturated heterocycles. The highest BCUT2D eigenvalue weighted by molar-refractivity contribution is 5.87. The first-order valence-electron chi connectivity index (χ1n) is 6.35. The largest absolute Gasteiger partial charge is 0.338 e. The van der Waals surface area contributed by atoms with Crippen molar-refractivity contribution in [1.82, 2.24) is 15.0 Å². The minimum absolute atomic E-state index is 0.708. The Morgan fingerprint density at radius 3 is 2.80 bits per heavy atom. The summed E-state index contributed by atoms with van der Waals surface area (Å²) in [7, 11) is 0. The Kier molecular flexibility index (Phi) is 3.13. The molecule has 3 aromatic rings. The molecule has 1 N–H and O–H groups in total. The summed E-state index contributed by atoms with van der Waals surface area (Å²) in [5.74, 6) is 0.708. The highest BCUT2D eigenvalue weighted by Crippen LogP contribution is 2.23. The number of hydrogen-bond acceptors (Lipinski definition) is 4. The normalized spacial score (nSPS) is 10.4. The van der Waals surface area contributed by atoms with Crippen molar-refractivity contribution in [3.63, 3.8) is 0 Å². The van der Waals surface area contributed by atoms with Crippen LogP contribution in [0.25, 0.3) is 17.1 Å². The Morgan fingerprint density at radius 2 is 2.00 bits per heavy atom. The standard InChI is InChI=1S/C16H14N4/c1-3-12-10-18-15-14(19-12)8-9-17-16(15)20-13-7-5-4-6-11(13)2/h3-10H,1H2,2H3,(H,17,20). The first-order valence-corrected chi connectivity index (χ1v) is 6.35. The van der Waals surface area contributed by atoms with Crippen molar-refractivity contribution in [3.8, 4) is 0 Å². The number of fused-ring (bicyclic) bond motifs is 1. The zero-order chi connectivity index (χ0) is 13.9. The minimum Gasteiger partial charge on any atom is -0.338 e. The van der Waals surface area contributed by atoms with Crippen LogP contribution in [0.4, 0.5) is 11.5 Å². The van der Waals surface area contributed by atoms with Crippen molar-refractivity contribution in [3.05, 3.63) is 60.6 Å². The SMILES string of the molecule is C=Cc1cnc2c(Nc3ccccc3C)nccc2n1. The third-order valence-electron chi connectivity index (χ3n) is 3.09. The molecule has 0 fully saturated rings. The fourth-order valence-corrected chi connectivity index (χ4v) is 1.99. The molecule has 1 aromatic carbocycles. The van der Waals surface area contributed by atoms with Crippen molar-refractivity contribution < 1.29 is 0 Å². The molecule has 0 spiro atoms. The molecule has 98 valence electrons. The van der Waals surface area contributed by atoms with Crippen LogP contribution in [0.2, 0.25) is 0 Å². The number of nitrogens with one attached hydrogen (secondary N) is 1. The maximum Gasteiger partial charge on any atom is 0.158 e. The quantitative estimate of drug-likeness (QED) is 0.781. The Hall–Kier alpha value is -2.75.